The van der Waals surface area contributed by atoms with Gasteiger partial charge in [-0.05, 0) is 29.0 Å². The van der Waals surface area contributed by atoms with Gasteiger partial charge in [0.2, 0.25) is 0 Å². The Morgan fingerprint density at radius 2 is 1.74 bits per heavy atom. The first-order chi connectivity index (χ1) is 9.34. The van der Waals surface area contributed by atoms with E-state index in [0.29, 0.717) is 6.42 Å². The number of carbonyl (C=O) groups is 1. The molecule has 0 bridgehead atoms. The SMILES string of the molecule is O=C(Cc1ccccc1)C1NC=Cc2ccccc21. The highest BCUT2D eigenvalue weighted by molar-refractivity contribution is 5.89. The van der Waals surface area contributed by atoms with Crippen molar-refractivity contribution in [3.8, 4) is 0 Å². The van der Waals surface area contributed by atoms with E-state index < -0.39 is 0 Å². The summed E-state index contributed by atoms with van der Waals surface area (Å²) in [7, 11) is 0. The maximum atomic E-state index is 12.4. The van der Waals surface area contributed by atoms with E-state index in [0.717, 1.165) is 16.7 Å². The molecule has 0 amide bonds. The van der Waals surface area contributed by atoms with Gasteiger partial charge in [0.15, 0.2) is 5.78 Å². The van der Waals surface area contributed by atoms with Crippen LogP contribution in [0.5, 0.6) is 0 Å². The summed E-state index contributed by atoms with van der Waals surface area (Å²) in [4.78, 5) is 12.4. The second kappa shape index (κ2) is 5.11. The molecular formula is C17H15NO. The maximum absolute atomic E-state index is 12.4. The maximum Gasteiger partial charge on any atom is 0.163 e. The van der Waals surface area contributed by atoms with Crippen molar-refractivity contribution in [1.29, 1.82) is 0 Å². The molecule has 1 atom stereocenters. The summed E-state index contributed by atoms with van der Waals surface area (Å²) >= 11 is 0. The Bertz CT molecular complexity index is 616. The van der Waals surface area contributed by atoms with Crippen molar-refractivity contribution in [2.75, 3.05) is 0 Å². The molecule has 1 aliphatic rings. The molecule has 0 aliphatic carbocycles. The van der Waals surface area contributed by atoms with Crippen LogP contribution in [-0.4, -0.2) is 5.78 Å². The highest BCUT2D eigenvalue weighted by atomic mass is 16.1. The number of benzene rings is 2. The van der Waals surface area contributed by atoms with E-state index in [4.69, 9.17) is 0 Å². The fourth-order valence-electron chi connectivity index (χ4n) is 2.41. The summed E-state index contributed by atoms with van der Waals surface area (Å²) < 4.78 is 0. The molecule has 19 heavy (non-hydrogen) atoms. The zero-order chi connectivity index (χ0) is 13.1. The summed E-state index contributed by atoms with van der Waals surface area (Å²) in [6, 6.07) is 17.7. The molecule has 3 rings (SSSR count). The van der Waals surface area contributed by atoms with Gasteiger partial charge in [-0.1, -0.05) is 54.6 Å². The lowest BCUT2D eigenvalue weighted by atomic mass is 9.92. The van der Waals surface area contributed by atoms with Crippen LogP contribution in [0.4, 0.5) is 0 Å². The molecule has 0 radical (unpaired) electrons. The highest BCUT2D eigenvalue weighted by Crippen LogP contribution is 2.24. The zero-order valence-electron chi connectivity index (χ0n) is 10.5. The molecule has 1 heterocycles. The molecule has 0 fully saturated rings. The Labute approximate surface area is 112 Å². The molecule has 1 aliphatic heterocycles. The van der Waals surface area contributed by atoms with Crippen molar-refractivity contribution < 1.29 is 4.79 Å². The van der Waals surface area contributed by atoms with Gasteiger partial charge in [-0.3, -0.25) is 4.79 Å². The van der Waals surface area contributed by atoms with E-state index in [9.17, 15) is 4.79 Å². The quantitative estimate of drug-likeness (QED) is 0.905. The Hall–Kier alpha value is -2.35. The van der Waals surface area contributed by atoms with Gasteiger partial charge in [-0.25, -0.2) is 0 Å². The average Bonchev–Trinajstić information content (AvgIpc) is 2.47. The Kier molecular flexibility index (Phi) is 3.15. The van der Waals surface area contributed by atoms with Crippen molar-refractivity contribution in [2.24, 2.45) is 0 Å². The number of hydrogen-bond donors (Lipinski definition) is 1. The first-order valence-electron chi connectivity index (χ1n) is 6.43. The number of carbonyl (C=O) groups excluding carboxylic acids is 1. The molecule has 2 aromatic rings. The zero-order valence-corrected chi connectivity index (χ0v) is 10.5. The fourth-order valence-corrected chi connectivity index (χ4v) is 2.41. The monoisotopic (exact) mass is 249 g/mol. The number of ketones is 1. The standard InChI is InChI=1S/C17H15NO/c19-16(12-13-6-2-1-3-7-13)17-15-9-5-4-8-14(15)10-11-18-17/h1-11,17-18H,12H2. The van der Waals surface area contributed by atoms with Gasteiger partial charge in [0, 0.05) is 6.42 Å². The third kappa shape index (κ3) is 2.43. The van der Waals surface area contributed by atoms with Gasteiger partial charge in [-0.15, -0.1) is 0 Å². The smallest absolute Gasteiger partial charge is 0.163 e. The van der Waals surface area contributed by atoms with Crippen LogP contribution in [0.3, 0.4) is 0 Å². The molecular weight excluding hydrogens is 234 g/mol. The average molecular weight is 249 g/mol. The molecule has 94 valence electrons. The van der Waals surface area contributed by atoms with E-state index in [2.05, 4.69) is 5.32 Å². The lowest BCUT2D eigenvalue weighted by Crippen LogP contribution is -2.28. The molecule has 0 saturated heterocycles. The Morgan fingerprint density at radius 1 is 1.00 bits per heavy atom. The van der Waals surface area contributed by atoms with Crippen LogP contribution in [0.1, 0.15) is 22.7 Å². The van der Waals surface area contributed by atoms with Crippen molar-refractivity contribution in [3.63, 3.8) is 0 Å². The molecule has 2 aromatic carbocycles. The van der Waals surface area contributed by atoms with Crippen LogP contribution in [-0.2, 0) is 11.2 Å². The van der Waals surface area contributed by atoms with Crippen molar-refractivity contribution in [3.05, 3.63) is 77.5 Å². The summed E-state index contributed by atoms with van der Waals surface area (Å²) in [5, 5.41) is 3.17. The van der Waals surface area contributed by atoms with E-state index in [1.807, 2.05) is 66.9 Å². The van der Waals surface area contributed by atoms with Crippen LogP contribution in [0.15, 0.2) is 60.8 Å². The van der Waals surface area contributed by atoms with Gasteiger partial charge >= 0.3 is 0 Å². The molecule has 1 unspecified atom stereocenters. The molecule has 0 aromatic heterocycles. The highest BCUT2D eigenvalue weighted by Gasteiger charge is 2.23. The lowest BCUT2D eigenvalue weighted by Gasteiger charge is -2.22. The number of rotatable bonds is 3. The van der Waals surface area contributed by atoms with Crippen molar-refractivity contribution >= 4 is 11.9 Å². The first kappa shape index (κ1) is 11.7. The minimum atomic E-state index is -0.235. The number of Topliss-reactive ketones (excluding diaryl/α,β-unsaturated/α-hetero) is 1. The molecule has 0 spiro atoms. The van der Waals surface area contributed by atoms with Gasteiger partial charge in [0.1, 0.15) is 6.04 Å². The predicted molar refractivity (Wildman–Crippen MR) is 76.5 cm³/mol. The van der Waals surface area contributed by atoms with E-state index >= 15 is 0 Å². The normalized spacial score (nSPS) is 16.5. The van der Waals surface area contributed by atoms with Gasteiger partial charge in [-0.2, -0.15) is 0 Å². The van der Waals surface area contributed by atoms with E-state index in [1.165, 1.54) is 0 Å². The van der Waals surface area contributed by atoms with Gasteiger partial charge in [0.25, 0.3) is 0 Å². The number of nitrogens with one attached hydrogen (secondary N) is 1. The van der Waals surface area contributed by atoms with E-state index in [1.54, 1.807) is 0 Å². The molecule has 2 nitrogen and oxygen atoms in total. The van der Waals surface area contributed by atoms with Gasteiger partial charge in [0.05, 0.1) is 0 Å². The largest absolute Gasteiger partial charge is 0.378 e. The second-order valence-corrected chi connectivity index (χ2v) is 4.69. The van der Waals surface area contributed by atoms with Crippen LogP contribution >= 0.6 is 0 Å². The van der Waals surface area contributed by atoms with Crippen LogP contribution in [0, 0.1) is 0 Å². The predicted octanol–water partition coefficient (Wildman–Crippen LogP) is 3.11. The Morgan fingerprint density at radius 3 is 2.58 bits per heavy atom. The van der Waals surface area contributed by atoms with Crippen molar-refractivity contribution in [1.82, 2.24) is 5.32 Å². The number of hydrogen-bond acceptors (Lipinski definition) is 2. The lowest BCUT2D eigenvalue weighted by molar-refractivity contribution is -0.120. The molecule has 0 saturated carbocycles. The van der Waals surface area contributed by atoms with Crippen molar-refractivity contribution in [2.45, 2.75) is 12.5 Å². The summed E-state index contributed by atoms with van der Waals surface area (Å²) in [5.41, 5.74) is 3.24. The fraction of sp³-hybridized carbons (Fsp3) is 0.118. The summed E-state index contributed by atoms with van der Waals surface area (Å²) in [5.74, 6) is 0.197. The van der Waals surface area contributed by atoms with Crippen LogP contribution in [0.25, 0.3) is 6.08 Å². The third-order valence-electron chi connectivity index (χ3n) is 3.38. The number of fused-ring (bicyclic) bond motifs is 1. The minimum Gasteiger partial charge on any atom is -0.378 e. The third-order valence-corrected chi connectivity index (χ3v) is 3.38. The van der Waals surface area contributed by atoms with Crippen LogP contribution < -0.4 is 5.32 Å². The van der Waals surface area contributed by atoms with Gasteiger partial charge < -0.3 is 5.32 Å². The van der Waals surface area contributed by atoms with E-state index in [-0.39, 0.29) is 11.8 Å². The minimum absolute atomic E-state index is 0.197. The topological polar surface area (TPSA) is 29.1 Å². The van der Waals surface area contributed by atoms with Crippen LogP contribution in [0.2, 0.25) is 0 Å². The Balaban J connectivity index is 1.83. The summed E-state index contributed by atoms with van der Waals surface area (Å²) in [6.07, 6.45) is 4.32. The molecule has 1 N–H and O–H groups in total. The second-order valence-electron chi connectivity index (χ2n) is 4.69. The first-order valence-corrected chi connectivity index (χ1v) is 6.43. The molecule has 2 heteroatoms. The summed E-state index contributed by atoms with van der Waals surface area (Å²) in [6.45, 7) is 0.